The van der Waals surface area contributed by atoms with Crippen LogP contribution in [0.25, 0.3) is 38.4 Å². The highest BCUT2D eigenvalue weighted by atomic mass is 16.4. The summed E-state index contributed by atoms with van der Waals surface area (Å²) >= 11 is 0. The topological polar surface area (TPSA) is 37.3 Å². The number of aliphatic carboxylic acids is 1. The summed E-state index contributed by atoms with van der Waals surface area (Å²) in [5, 5.41) is 16.5. The van der Waals surface area contributed by atoms with Gasteiger partial charge in [-0.1, -0.05) is 66.7 Å². The molecular weight excluding hydrogens is 308 g/mol. The Hall–Kier alpha value is -2.87. The lowest BCUT2D eigenvalue weighted by Crippen LogP contribution is -1.92. The van der Waals surface area contributed by atoms with Gasteiger partial charge in [0.1, 0.15) is 0 Å². The fourth-order valence-electron chi connectivity index (χ4n) is 3.65. The highest BCUT2D eigenvalue weighted by Gasteiger charge is 2.09. The number of rotatable bonds is 6. The molecule has 0 unspecified atom stereocenters. The predicted molar refractivity (Wildman–Crippen MR) is 105 cm³/mol. The lowest BCUT2D eigenvalue weighted by molar-refractivity contribution is -0.137. The Labute approximate surface area is 146 Å². The standard InChI is InChI=1S/C23H20O2/c24-21(25)9-4-2-1-3-6-16-10-11-19-13-12-17-7-5-8-18-14-15-20(16)23(19)22(17)18/h3,5-8,10-15H,1-2,4,9H2,(H,24,25). The van der Waals surface area contributed by atoms with Crippen molar-refractivity contribution in [2.75, 3.05) is 0 Å². The highest BCUT2D eigenvalue weighted by Crippen LogP contribution is 2.36. The number of carboxylic acid groups (broad SMARTS) is 1. The Bertz CT molecular complexity index is 1060. The molecule has 0 spiro atoms. The first-order chi connectivity index (χ1) is 12.2. The number of unbranched alkanes of at least 4 members (excludes halogenated alkanes) is 2. The summed E-state index contributed by atoms with van der Waals surface area (Å²) in [6.07, 6.45) is 7.15. The van der Waals surface area contributed by atoms with E-state index >= 15 is 0 Å². The summed E-state index contributed by atoms with van der Waals surface area (Å²) in [4.78, 5) is 10.5. The molecule has 1 N–H and O–H groups in total. The van der Waals surface area contributed by atoms with Gasteiger partial charge in [-0.15, -0.1) is 0 Å². The van der Waals surface area contributed by atoms with E-state index in [2.05, 4.69) is 66.7 Å². The molecule has 0 aliphatic rings. The second-order valence-electron chi connectivity index (χ2n) is 6.55. The maximum atomic E-state index is 10.5. The number of hydrogen-bond acceptors (Lipinski definition) is 1. The second-order valence-corrected chi connectivity index (χ2v) is 6.55. The molecule has 0 saturated heterocycles. The predicted octanol–water partition coefficient (Wildman–Crippen LogP) is 6.24. The maximum absolute atomic E-state index is 10.5. The molecule has 4 rings (SSSR count). The van der Waals surface area contributed by atoms with Crippen LogP contribution in [0.2, 0.25) is 0 Å². The van der Waals surface area contributed by atoms with Crippen molar-refractivity contribution in [3.8, 4) is 0 Å². The normalized spacial score (nSPS) is 12.0. The molecule has 0 fully saturated rings. The third-order valence-corrected chi connectivity index (χ3v) is 4.87. The number of hydrogen-bond donors (Lipinski definition) is 1. The third-order valence-electron chi connectivity index (χ3n) is 4.87. The van der Waals surface area contributed by atoms with Crippen LogP contribution in [0.3, 0.4) is 0 Å². The van der Waals surface area contributed by atoms with Crippen LogP contribution in [0.5, 0.6) is 0 Å². The van der Waals surface area contributed by atoms with Gasteiger partial charge in [0, 0.05) is 6.42 Å². The lowest BCUT2D eigenvalue weighted by atomic mass is 9.92. The van der Waals surface area contributed by atoms with Crippen LogP contribution < -0.4 is 0 Å². The van der Waals surface area contributed by atoms with Crippen molar-refractivity contribution >= 4 is 44.4 Å². The first-order valence-corrected chi connectivity index (χ1v) is 8.79. The molecule has 0 atom stereocenters. The minimum Gasteiger partial charge on any atom is -0.481 e. The summed E-state index contributed by atoms with van der Waals surface area (Å²) in [7, 11) is 0. The highest BCUT2D eigenvalue weighted by molar-refractivity contribution is 6.24. The molecule has 0 aliphatic heterocycles. The summed E-state index contributed by atoms with van der Waals surface area (Å²) < 4.78 is 0. The van der Waals surface area contributed by atoms with Crippen LogP contribution >= 0.6 is 0 Å². The largest absolute Gasteiger partial charge is 0.481 e. The van der Waals surface area contributed by atoms with Gasteiger partial charge in [0.15, 0.2) is 0 Å². The fraction of sp³-hybridized carbons (Fsp3) is 0.174. The van der Waals surface area contributed by atoms with Gasteiger partial charge in [-0.25, -0.2) is 0 Å². The van der Waals surface area contributed by atoms with Crippen molar-refractivity contribution in [2.24, 2.45) is 0 Å². The van der Waals surface area contributed by atoms with Crippen molar-refractivity contribution in [1.82, 2.24) is 0 Å². The van der Waals surface area contributed by atoms with Crippen molar-refractivity contribution in [2.45, 2.75) is 25.7 Å². The van der Waals surface area contributed by atoms with Gasteiger partial charge in [0.25, 0.3) is 0 Å². The van der Waals surface area contributed by atoms with E-state index in [0.717, 1.165) is 19.3 Å². The number of allylic oxidation sites excluding steroid dienone is 1. The smallest absolute Gasteiger partial charge is 0.303 e. The summed E-state index contributed by atoms with van der Waals surface area (Å²) in [5.74, 6) is -0.712. The van der Waals surface area contributed by atoms with Gasteiger partial charge < -0.3 is 5.11 Å². The molecule has 0 saturated carbocycles. The average molecular weight is 328 g/mol. The monoisotopic (exact) mass is 328 g/mol. The van der Waals surface area contributed by atoms with Crippen LogP contribution in [-0.2, 0) is 4.79 Å². The molecular formula is C23H20O2. The minimum atomic E-state index is -0.712. The number of benzene rings is 4. The van der Waals surface area contributed by atoms with Crippen LogP contribution in [0.4, 0.5) is 0 Å². The Morgan fingerprint density at radius 2 is 1.52 bits per heavy atom. The molecule has 0 amide bonds. The minimum absolute atomic E-state index is 0.257. The molecule has 2 nitrogen and oxygen atoms in total. The van der Waals surface area contributed by atoms with Gasteiger partial charge in [-0.3, -0.25) is 4.79 Å². The average Bonchev–Trinajstić information content (AvgIpc) is 2.63. The molecule has 0 heterocycles. The maximum Gasteiger partial charge on any atom is 0.303 e. The zero-order chi connectivity index (χ0) is 17.2. The van der Waals surface area contributed by atoms with Gasteiger partial charge in [0.05, 0.1) is 0 Å². The first-order valence-electron chi connectivity index (χ1n) is 8.79. The first kappa shape index (κ1) is 15.6. The Kier molecular flexibility index (Phi) is 4.10. The fourth-order valence-corrected chi connectivity index (χ4v) is 3.65. The van der Waals surface area contributed by atoms with Crippen LogP contribution in [-0.4, -0.2) is 11.1 Å². The lowest BCUT2D eigenvalue weighted by Gasteiger charge is -2.12. The van der Waals surface area contributed by atoms with E-state index < -0.39 is 5.97 Å². The molecule has 2 heteroatoms. The Balaban J connectivity index is 1.69. The van der Waals surface area contributed by atoms with Gasteiger partial charge in [-0.05, 0) is 57.1 Å². The van der Waals surface area contributed by atoms with Crippen LogP contribution in [0, 0.1) is 0 Å². The van der Waals surface area contributed by atoms with Crippen molar-refractivity contribution < 1.29 is 9.90 Å². The van der Waals surface area contributed by atoms with Gasteiger partial charge in [-0.2, -0.15) is 0 Å². The molecule has 0 aromatic heterocycles. The molecule has 124 valence electrons. The van der Waals surface area contributed by atoms with Crippen molar-refractivity contribution in [3.63, 3.8) is 0 Å². The molecule has 4 aromatic carbocycles. The van der Waals surface area contributed by atoms with E-state index in [1.165, 1.54) is 37.9 Å². The molecule has 25 heavy (non-hydrogen) atoms. The van der Waals surface area contributed by atoms with Crippen LogP contribution in [0.1, 0.15) is 31.2 Å². The zero-order valence-electron chi connectivity index (χ0n) is 14.0. The van der Waals surface area contributed by atoms with Gasteiger partial charge >= 0.3 is 5.97 Å². The second kappa shape index (κ2) is 6.56. The SMILES string of the molecule is O=C(O)CCCCC=Cc1ccc2ccc3cccc4ccc1c2c34. The summed E-state index contributed by atoms with van der Waals surface area (Å²) in [6, 6.07) is 19.6. The molecule has 4 aromatic rings. The summed E-state index contributed by atoms with van der Waals surface area (Å²) in [6.45, 7) is 0. The number of carbonyl (C=O) groups is 1. The van der Waals surface area contributed by atoms with Gasteiger partial charge in [0.2, 0.25) is 0 Å². The molecule has 0 radical (unpaired) electrons. The van der Waals surface area contributed by atoms with E-state index in [0.29, 0.717) is 0 Å². The van der Waals surface area contributed by atoms with Crippen molar-refractivity contribution in [3.05, 3.63) is 66.2 Å². The number of carboxylic acids is 1. The van der Waals surface area contributed by atoms with E-state index in [9.17, 15) is 4.79 Å². The van der Waals surface area contributed by atoms with Crippen molar-refractivity contribution in [1.29, 1.82) is 0 Å². The van der Waals surface area contributed by atoms with E-state index in [4.69, 9.17) is 5.11 Å². The quantitative estimate of drug-likeness (QED) is 0.336. The third kappa shape index (κ3) is 2.96. The molecule has 0 aliphatic carbocycles. The Morgan fingerprint density at radius 3 is 2.28 bits per heavy atom. The van der Waals surface area contributed by atoms with Crippen LogP contribution in [0.15, 0.2) is 60.7 Å². The van der Waals surface area contributed by atoms with E-state index in [-0.39, 0.29) is 6.42 Å². The summed E-state index contributed by atoms with van der Waals surface area (Å²) in [5.41, 5.74) is 1.23. The Morgan fingerprint density at radius 1 is 0.840 bits per heavy atom. The zero-order valence-corrected chi connectivity index (χ0v) is 14.0. The van der Waals surface area contributed by atoms with E-state index in [1.807, 2.05) is 0 Å². The molecule has 0 bridgehead atoms. The van der Waals surface area contributed by atoms with E-state index in [1.54, 1.807) is 0 Å².